The zero-order valence-corrected chi connectivity index (χ0v) is 10.3. The summed E-state index contributed by atoms with van der Waals surface area (Å²) in [6.07, 6.45) is 1.92. The number of piperidine rings is 1. The first-order valence-electron chi connectivity index (χ1n) is 5.97. The summed E-state index contributed by atoms with van der Waals surface area (Å²) in [7, 11) is 1.57. The summed E-state index contributed by atoms with van der Waals surface area (Å²) in [5.41, 5.74) is 6.89. The number of hydrogen-bond acceptors (Lipinski definition) is 3. The number of benzene rings is 1. The average Bonchev–Trinajstić information content (AvgIpc) is 2.30. The average molecular weight is 238 g/mol. The second-order valence-electron chi connectivity index (χ2n) is 4.64. The molecular weight excluding hydrogens is 219 g/mol. The van der Waals surface area contributed by atoms with Crippen molar-refractivity contribution in [2.24, 2.45) is 5.73 Å². The molecule has 3 nitrogen and oxygen atoms in total. The van der Waals surface area contributed by atoms with Crippen LogP contribution in [0.5, 0.6) is 5.75 Å². The molecule has 2 N–H and O–H groups in total. The first kappa shape index (κ1) is 12.2. The van der Waals surface area contributed by atoms with Crippen LogP contribution in [0.15, 0.2) is 18.2 Å². The number of halogens is 1. The molecule has 1 aromatic carbocycles. The number of nitrogens with two attached hydrogens (primary N) is 1. The smallest absolute Gasteiger partial charge is 0.145 e. The summed E-state index contributed by atoms with van der Waals surface area (Å²) in [6.45, 7) is 3.03. The van der Waals surface area contributed by atoms with Crippen molar-refractivity contribution in [1.82, 2.24) is 0 Å². The van der Waals surface area contributed by atoms with Crippen molar-refractivity contribution >= 4 is 5.69 Å². The summed E-state index contributed by atoms with van der Waals surface area (Å²) in [5.74, 6) is 0.319. The highest BCUT2D eigenvalue weighted by Crippen LogP contribution is 2.33. The first-order chi connectivity index (χ1) is 8.11. The number of rotatable bonds is 2. The van der Waals surface area contributed by atoms with Gasteiger partial charge >= 0.3 is 0 Å². The van der Waals surface area contributed by atoms with Crippen molar-refractivity contribution in [2.75, 3.05) is 18.6 Å². The lowest BCUT2D eigenvalue weighted by Crippen LogP contribution is -2.45. The second kappa shape index (κ2) is 4.92. The molecule has 1 heterocycles. The zero-order chi connectivity index (χ0) is 12.4. The summed E-state index contributed by atoms with van der Waals surface area (Å²) in [5, 5.41) is 0. The lowest BCUT2D eigenvalue weighted by molar-refractivity contribution is 0.396. The van der Waals surface area contributed by atoms with Crippen LogP contribution in [0.1, 0.15) is 19.8 Å². The van der Waals surface area contributed by atoms with E-state index in [1.54, 1.807) is 13.2 Å². The fourth-order valence-corrected chi connectivity index (χ4v) is 2.46. The quantitative estimate of drug-likeness (QED) is 0.858. The minimum atomic E-state index is -0.271. The topological polar surface area (TPSA) is 38.5 Å². The van der Waals surface area contributed by atoms with Crippen molar-refractivity contribution in [3.8, 4) is 5.75 Å². The van der Waals surface area contributed by atoms with Gasteiger partial charge in [-0.25, -0.2) is 4.39 Å². The summed E-state index contributed by atoms with van der Waals surface area (Å²) in [6, 6.07) is 5.31. The fraction of sp³-hybridized carbons (Fsp3) is 0.538. The van der Waals surface area contributed by atoms with E-state index < -0.39 is 0 Å². The number of anilines is 1. The molecule has 0 spiro atoms. The fourth-order valence-electron chi connectivity index (χ4n) is 2.46. The lowest BCUT2D eigenvalue weighted by atomic mass is 9.98. The second-order valence-corrected chi connectivity index (χ2v) is 4.64. The van der Waals surface area contributed by atoms with E-state index >= 15 is 0 Å². The monoisotopic (exact) mass is 238 g/mol. The zero-order valence-electron chi connectivity index (χ0n) is 10.3. The first-order valence-corrected chi connectivity index (χ1v) is 5.97. The van der Waals surface area contributed by atoms with Crippen molar-refractivity contribution in [2.45, 2.75) is 31.8 Å². The van der Waals surface area contributed by atoms with E-state index in [9.17, 15) is 4.39 Å². The molecule has 17 heavy (non-hydrogen) atoms. The molecule has 0 aromatic heterocycles. The third-order valence-corrected chi connectivity index (χ3v) is 3.37. The molecule has 2 atom stereocenters. The largest absolute Gasteiger partial charge is 0.494 e. The molecule has 0 amide bonds. The maximum Gasteiger partial charge on any atom is 0.145 e. The lowest BCUT2D eigenvalue weighted by Gasteiger charge is -2.38. The molecule has 0 radical (unpaired) electrons. The van der Waals surface area contributed by atoms with Crippen molar-refractivity contribution < 1.29 is 9.13 Å². The molecule has 2 unspecified atom stereocenters. The SMILES string of the molecule is COc1cc(F)ccc1N1CCC(N)CC1C. The van der Waals surface area contributed by atoms with Gasteiger partial charge in [-0.1, -0.05) is 0 Å². The van der Waals surface area contributed by atoms with Gasteiger partial charge in [-0.05, 0) is 31.9 Å². The van der Waals surface area contributed by atoms with Gasteiger partial charge in [-0.15, -0.1) is 0 Å². The van der Waals surface area contributed by atoms with Gasteiger partial charge in [-0.3, -0.25) is 0 Å². The number of ether oxygens (including phenoxy) is 1. The Morgan fingerprint density at radius 3 is 2.88 bits per heavy atom. The molecular formula is C13H19FN2O. The van der Waals surface area contributed by atoms with Crippen molar-refractivity contribution in [3.63, 3.8) is 0 Å². The Morgan fingerprint density at radius 1 is 1.47 bits per heavy atom. The van der Waals surface area contributed by atoms with E-state index in [1.165, 1.54) is 12.1 Å². The van der Waals surface area contributed by atoms with Gasteiger partial charge in [0.15, 0.2) is 0 Å². The Morgan fingerprint density at radius 2 is 2.24 bits per heavy atom. The van der Waals surface area contributed by atoms with Crippen molar-refractivity contribution in [1.29, 1.82) is 0 Å². The number of methoxy groups -OCH3 is 1. The molecule has 1 aromatic rings. The standard InChI is InChI=1S/C13H19FN2O/c1-9-7-11(15)5-6-16(9)12-4-3-10(14)8-13(12)17-2/h3-4,8-9,11H,5-7,15H2,1-2H3. The van der Waals surface area contributed by atoms with Crippen LogP contribution in [0, 0.1) is 5.82 Å². The van der Waals surface area contributed by atoms with E-state index in [0.717, 1.165) is 25.1 Å². The normalized spacial score (nSPS) is 24.8. The molecule has 1 fully saturated rings. The molecule has 0 saturated carbocycles. The molecule has 94 valence electrons. The highest BCUT2D eigenvalue weighted by atomic mass is 19.1. The number of nitrogens with zero attached hydrogens (tertiary/aromatic N) is 1. The van der Waals surface area contributed by atoms with Crippen LogP contribution in [0.3, 0.4) is 0 Å². The van der Waals surface area contributed by atoms with Gasteiger partial charge < -0.3 is 15.4 Å². The maximum atomic E-state index is 13.1. The highest BCUT2D eigenvalue weighted by Gasteiger charge is 2.25. The van der Waals surface area contributed by atoms with E-state index in [-0.39, 0.29) is 11.9 Å². The van der Waals surface area contributed by atoms with E-state index in [1.807, 2.05) is 0 Å². The Kier molecular flexibility index (Phi) is 3.52. The minimum absolute atomic E-state index is 0.271. The summed E-state index contributed by atoms with van der Waals surface area (Å²) >= 11 is 0. The predicted octanol–water partition coefficient (Wildman–Crippen LogP) is 2.15. The third-order valence-electron chi connectivity index (χ3n) is 3.37. The third kappa shape index (κ3) is 2.52. The van der Waals surface area contributed by atoms with E-state index in [4.69, 9.17) is 10.5 Å². The Balaban J connectivity index is 2.27. The van der Waals surface area contributed by atoms with Crippen LogP contribution in [0.4, 0.5) is 10.1 Å². The minimum Gasteiger partial charge on any atom is -0.494 e. The number of hydrogen-bond donors (Lipinski definition) is 1. The van der Waals surface area contributed by atoms with E-state index in [2.05, 4.69) is 11.8 Å². The molecule has 0 aliphatic carbocycles. The molecule has 0 bridgehead atoms. The maximum absolute atomic E-state index is 13.1. The predicted molar refractivity (Wildman–Crippen MR) is 67.0 cm³/mol. The van der Waals surface area contributed by atoms with Crippen LogP contribution in [0.2, 0.25) is 0 Å². The van der Waals surface area contributed by atoms with Gasteiger partial charge in [0, 0.05) is 24.7 Å². The van der Waals surface area contributed by atoms with Gasteiger partial charge in [0.25, 0.3) is 0 Å². The molecule has 1 saturated heterocycles. The summed E-state index contributed by atoms with van der Waals surface area (Å²) in [4.78, 5) is 2.24. The Hall–Kier alpha value is -1.29. The van der Waals surface area contributed by atoms with Crippen LogP contribution in [-0.4, -0.2) is 25.7 Å². The van der Waals surface area contributed by atoms with Gasteiger partial charge in [-0.2, -0.15) is 0 Å². The van der Waals surface area contributed by atoms with Crippen molar-refractivity contribution in [3.05, 3.63) is 24.0 Å². The molecule has 4 heteroatoms. The van der Waals surface area contributed by atoms with Gasteiger partial charge in [0.2, 0.25) is 0 Å². The Bertz CT molecular complexity index is 397. The van der Waals surface area contributed by atoms with Crippen LogP contribution in [0.25, 0.3) is 0 Å². The van der Waals surface area contributed by atoms with Gasteiger partial charge in [0.1, 0.15) is 11.6 Å². The van der Waals surface area contributed by atoms with Gasteiger partial charge in [0.05, 0.1) is 12.8 Å². The summed E-state index contributed by atoms with van der Waals surface area (Å²) < 4.78 is 18.4. The van der Waals surface area contributed by atoms with Crippen LogP contribution in [-0.2, 0) is 0 Å². The molecule has 1 aliphatic heterocycles. The van der Waals surface area contributed by atoms with Crippen LogP contribution < -0.4 is 15.4 Å². The van der Waals surface area contributed by atoms with Crippen LogP contribution >= 0.6 is 0 Å². The van der Waals surface area contributed by atoms with E-state index in [0.29, 0.717) is 11.8 Å². The molecule has 1 aliphatic rings. The highest BCUT2D eigenvalue weighted by molar-refractivity contribution is 5.59. The Labute approximate surface area is 101 Å². The molecule has 2 rings (SSSR count).